The molecule has 0 fully saturated rings. The first kappa shape index (κ1) is 17.0. The summed E-state index contributed by atoms with van der Waals surface area (Å²) in [5.41, 5.74) is 3.38. The van der Waals surface area contributed by atoms with Gasteiger partial charge in [-0.2, -0.15) is 0 Å². The van der Waals surface area contributed by atoms with Crippen LogP contribution in [0, 0.1) is 0 Å². The average molecular weight is 338 g/mol. The minimum Gasteiger partial charge on any atom is -0.444 e. The maximum Gasteiger partial charge on any atom is 0.412 e. The van der Waals surface area contributed by atoms with Crippen molar-refractivity contribution in [3.63, 3.8) is 0 Å². The number of fused-ring (bicyclic) bond motifs is 1. The van der Waals surface area contributed by atoms with Gasteiger partial charge >= 0.3 is 6.09 Å². The Morgan fingerprint density at radius 1 is 1.12 bits per heavy atom. The number of nitrogens with one attached hydrogen (secondary N) is 1. The van der Waals surface area contributed by atoms with Crippen LogP contribution in [-0.4, -0.2) is 18.0 Å². The zero-order chi connectivity index (χ0) is 17.8. The highest BCUT2D eigenvalue weighted by Crippen LogP contribution is 2.36. The third-order valence-electron chi connectivity index (χ3n) is 4.20. The van der Waals surface area contributed by atoms with Crippen LogP contribution in [0.15, 0.2) is 48.5 Å². The Bertz CT molecular complexity index is 772. The van der Waals surface area contributed by atoms with Gasteiger partial charge in [-0.15, -0.1) is 0 Å². The maximum atomic E-state index is 12.3. The van der Waals surface area contributed by atoms with Gasteiger partial charge in [0.2, 0.25) is 5.91 Å². The number of nitrogens with zero attached hydrogens (tertiary/aromatic N) is 1. The van der Waals surface area contributed by atoms with Crippen molar-refractivity contribution in [2.45, 2.75) is 39.3 Å². The van der Waals surface area contributed by atoms with Crippen LogP contribution in [0.5, 0.6) is 0 Å². The standard InChI is InChI=1S/C20H22N2O3/c1-14(2)22-18(23)12-11-16-9-6-10-17(19(16)22)21-20(24)25-13-15-7-4-3-5-8-15/h3-10,14H,11-13H2,1-2H3,(H,21,24). The molecule has 0 spiro atoms. The number of amides is 2. The minimum atomic E-state index is -0.529. The quantitative estimate of drug-likeness (QED) is 0.912. The number of benzene rings is 2. The Balaban J connectivity index is 1.77. The van der Waals surface area contributed by atoms with E-state index in [-0.39, 0.29) is 18.6 Å². The van der Waals surface area contributed by atoms with Crippen molar-refractivity contribution in [1.29, 1.82) is 0 Å². The zero-order valence-electron chi connectivity index (χ0n) is 14.5. The lowest BCUT2D eigenvalue weighted by atomic mass is 9.98. The molecule has 2 aromatic carbocycles. The second kappa shape index (κ2) is 7.38. The summed E-state index contributed by atoms with van der Waals surface area (Å²) in [6, 6.07) is 15.2. The molecule has 25 heavy (non-hydrogen) atoms. The smallest absolute Gasteiger partial charge is 0.412 e. The largest absolute Gasteiger partial charge is 0.444 e. The molecule has 1 heterocycles. The van der Waals surface area contributed by atoms with Crippen molar-refractivity contribution in [2.75, 3.05) is 10.2 Å². The first-order chi connectivity index (χ1) is 12.1. The minimum absolute atomic E-state index is 0.0230. The third-order valence-corrected chi connectivity index (χ3v) is 4.20. The highest BCUT2D eigenvalue weighted by atomic mass is 16.5. The van der Waals surface area contributed by atoms with Gasteiger partial charge in [0.25, 0.3) is 0 Å². The SMILES string of the molecule is CC(C)N1C(=O)CCc2cccc(NC(=O)OCc3ccccc3)c21. The first-order valence-electron chi connectivity index (χ1n) is 8.48. The predicted molar refractivity (Wildman–Crippen MR) is 97.6 cm³/mol. The summed E-state index contributed by atoms with van der Waals surface area (Å²) in [6.45, 7) is 4.14. The molecule has 1 aliphatic rings. The van der Waals surface area contributed by atoms with Crippen LogP contribution in [0.1, 0.15) is 31.4 Å². The van der Waals surface area contributed by atoms with Crippen LogP contribution in [0.3, 0.4) is 0 Å². The molecule has 0 bridgehead atoms. The van der Waals surface area contributed by atoms with Gasteiger partial charge in [0.05, 0.1) is 11.4 Å². The van der Waals surface area contributed by atoms with E-state index in [0.29, 0.717) is 18.5 Å². The Morgan fingerprint density at radius 2 is 1.88 bits per heavy atom. The van der Waals surface area contributed by atoms with Crippen molar-refractivity contribution in [2.24, 2.45) is 0 Å². The molecule has 0 aromatic heterocycles. The van der Waals surface area contributed by atoms with Crippen LogP contribution < -0.4 is 10.2 Å². The molecule has 2 aromatic rings. The molecule has 0 saturated heterocycles. The normalized spacial score (nSPS) is 13.6. The van der Waals surface area contributed by atoms with Gasteiger partial charge in [-0.3, -0.25) is 10.1 Å². The highest BCUT2D eigenvalue weighted by Gasteiger charge is 2.29. The summed E-state index contributed by atoms with van der Waals surface area (Å²) >= 11 is 0. The van der Waals surface area contributed by atoms with E-state index >= 15 is 0 Å². The molecule has 0 unspecified atom stereocenters. The van der Waals surface area contributed by atoms with Crippen molar-refractivity contribution >= 4 is 23.4 Å². The summed E-state index contributed by atoms with van der Waals surface area (Å²) in [4.78, 5) is 26.3. The van der Waals surface area contributed by atoms with Crippen LogP contribution in [-0.2, 0) is 22.6 Å². The molecule has 1 N–H and O–H groups in total. The number of hydrogen-bond donors (Lipinski definition) is 1. The van der Waals surface area contributed by atoms with E-state index in [1.165, 1.54) is 0 Å². The number of aryl methyl sites for hydroxylation is 1. The van der Waals surface area contributed by atoms with E-state index in [4.69, 9.17) is 4.74 Å². The van der Waals surface area contributed by atoms with Crippen molar-refractivity contribution in [1.82, 2.24) is 0 Å². The van der Waals surface area contributed by atoms with Gasteiger partial charge in [0, 0.05) is 12.5 Å². The topological polar surface area (TPSA) is 58.6 Å². The van der Waals surface area contributed by atoms with Crippen LogP contribution in [0.4, 0.5) is 16.2 Å². The van der Waals surface area contributed by atoms with Crippen molar-refractivity contribution < 1.29 is 14.3 Å². The number of anilines is 2. The van der Waals surface area contributed by atoms with E-state index in [2.05, 4.69) is 5.32 Å². The molecule has 0 aliphatic carbocycles. The lowest BCUT2D eigenvalue weighted by molar-refractivity contribution is -0.119. The number of carbonyl (C=O) groups is 2. The molecule has 5 heteroatoms. The Hall–Kier alpha value is -2.82. The number of ether oxygens (including phenoxy) is 1. The van der Waals surface area contributed by atoms with Gasteiger partial charge in [-0.1, -0.05) is 42.5 Å². The van der Waals surface area contributed by atoms with E-state index in [9.17, 15) is 9.59 Å². The fraction of sp³-hybridized carbons (Fsp3) is 0.300. The number of hydrogen-bond acceptors (Lipinski definition) is 3. The first-order valence-corrected chi connectivity index (χ1v) is 8.48. The average Bonchev–Trinajstić information content (AvgIpc) is 2.61. The highest BCUT2D eigenvalue weighted by molar-refractivity contribution is 6.02. The second-order valence-electron chi connectivity index (χ2n) is 6.36. The van der Waals surface area contributed by atoms with Crippen LogP contribution in [0.25, 0.3) is 0 Å². The van der Waals surface area contributed by atoms with Crippen molar-refractivity contribution in [3.05, 3.63) is 59.7 Å². The molecule has 0 atom stereocenters. The lowest BCUT2D eigenvalue weighted by Crippen LogP contribution is -2.41. The van der Waals surface area contributed by atoms with E-state index < -0.39 is 6.09 Å². The lowest BCUT2D eigenvalue weighted by Gasteiger charge is -2.34. The predicted octanol–water partition coefficient (Wildman–Crippen LogP) is 4.12. The summed E-state index contributed by atoms with van der Waals surface area (Å²) in [5.74, 6) is 0.0782. The zero-order valence-corrected chi connectivity index (χ0v) is 14.5. The number of rotatable bonds is 4. The summed E-state index contributed by atoms with van der Waals surface area (Å²) in [7, 11) is 0. The summed E-state index contributed by atoms with van der Waals surface area (Å²) in [6.07, 6.45) is 0.651. The molecular weight excluding hydrogens is 316 g/mol. The molecular formula is C20H22N2O3. The number of carbonyl (C=O) groups excluding carboxylic acids is 2. The molecule has 3 rings (SSSR count). The maximum absolute atomic E-state index is 12.3. The Kier molecular flexibility index (Phi) is 5.03. The molecule has 0 radical (unpaired) electrons. The molecule has 2 amide bonds. The number of para-hydroxylation sites is 1. The fourth-order valence-electron chi connectivity index (χ4n) is 3.08. The van der Waals surface area contributed by atoms with Crippen molar-refractivity contribution in [3.8, 4) is 0 Å². The van der Waals surface area contributed by atoms with E-state index in [1.807, 2.05) is 56.3 Å². The van der Waals surface area contributed by atoms with Gasteiger partial charge in [-0.25, -0.2) is 4.79 Å². The van der Waals surface area contributed by atoms with Gasteiger partial charge in [0.1, 0.15) is 6.61 Å². The molecule has 1 aliphatic heterocycles. The van der Waals surface area contributed by atoms with Crippen LogP contribution in [0.2, 0.25) is 0 Å². The third kappa shape index (κ3) is 3.82. The fourth-order valence-corrected chi connectivity index (χ4v) is 3.08. The molecule has 5 nitrogen and oxygen atoms in total. The summed E-state index contributed by atoms with van der Waals surface area (Å²) < 4.78 is 5.29. The van der Waals surface area contributed by atoms with Crippen LogP contribution >= 0.6 is 0 Å². The van der Waals surface area contributed by atoms with E-state index in [0.717, 1.165) is 16.8 Å². The molecule has 0 saturated carbocycles. The monoisotopic (exact) mass is 338 g/mol. The summed E-state index contributed by atoms with van der Waals surface area (Å²) in [5, 5.41) is 2.79. The van der Waals surface area contributed by atoms with Gasteiger partial charge in [-0.05, 0) is 37.5 Å². The Morgan fingerprint density at radius 3 is 2.60 bits per heavy atom. The van der Waals surface area contributed by atoms with E-state index in [1.54, 1.807) is 11.0 Å². The second-order valence-corrected chi connectivity index (χ2v) is 6.36. The van der Waals surface area contributed by atoms with Gasteiger partial charge in [0.15, 0.2) is 0 Å². The Labute approximate surface area is 147 Å². The van der Waals surface area contributed by atoms with Gasteiger partial charge < -0.3 is 9.64 Å². The molecule has 130 valence electrons.